The van der Waals surface area contributed by atoms with Crippen molar-refractivity contribution in [2.24, 2.45) is 11.8 Å². The van der Waals surface area contributed by atoms with Crippen LogP contribution in [0.5, 0.6) is 0 Å². The fourth-order valence-corrected chi connectivity index (χ4v) is 3.20. The molecule has 3 atom stereocenters. The van der Waals surface area contributed by atoms with Crippen molar-refractivity contribution in [2.45, 2.75) is 38.2 Å². The van der Waals surface area contributed by atoms with Crippen LogP contribution in [0.4, 0.5) is 0 Å². The Labute approximate surface area is 96.8 Å². The van der Waals surface area contributed by atoms with Gasteiger partial charge in [0.2, 0.25) is 0 Å². The molecule has 3 heteroatoms. The van der Waals surface area contributed by atoms with Gasteiger partial charge in [0.1, 0.15) is 5.60 Å². The second-order valence-corrected chi connectivity index (χ2v) is 5.32. The van der Waals surface area contributed by atoms with Crippen molar-refractivity contribution >= 4 is 5.97 Å². The zero-order valence-electron chi connectivity index (χ0n) is 10.1. The van der Waals surface area contributed by atoms with Gasteiger partial charge in [-0.2, -0.15) is 0 Å². The lowest BCUT2D eigenvalue weighted by molar-refractivity contribution is -0.158. The van der Waals surface area contributed by atoms with Crippen LogP contribution >= 0.6 is 0 Å². The van der Waals surface area contributed by atoms with Gasteiger partial charge in [-0.3, -0.25) is 0 Å². The highest BCUT2D eigenvalue weighted by Gasteiger charge is 2.50. The fraction of sp³-hybridized carbons (Fsp3) is 0.769. The van der Waals surface area contributed by atoms with E-state index >= 15 is 0 Å². The number of methoxy groups -OCH3 is 1. The largest absolute Gasteiger partial charge is 0.456 e. The van der Waals surface area contributed by atoms with E-state index in [1.165, 1.54) is 19.3 Å². The molecule has 2 rings (SSSR count). The minimum Gasteiger partial charge on any atom is -0.456 e. The van der Waals surface area contributed by atoms with Crippen LogP contribution < -0.4 is 0 Å². The van der Waals surface area contributed by atoms with Crippen molar-refractivity contribution < 1.29 is 14.3 Å². The van der Waals surface area contributed by atoms with Crippen LogP contribution in [-0.2, 0) is 14.3 Å². The molecule has 2 aliphatic carbocycles. The van der Waals surface area contributed by atoms with Gasteiger partial charge in [0.15, 0.2) is 0 Å². The minimum absolute atomic E-state index is 0.253. The molecule has 0 saturated heterocycles. The Hall–Kier alpha value is -0.830. The second-order valence-electron chi connectivity index (χ2n) is 5.32. The first kappa shape index (κ1) is 11.6. The summed E-state index contributed by atoms with van der Waals surface area (Å²) in [6.45, 7) is 6.00. The number of rotatable bonds is 4. The first-order chi connectivity index (χ1) is 7.55. The molecule has 2 aliphatic rings. The van der Waals surface area contributed by atoms with Crippen molar-refractivity contribution in [1.29, 1.82) is 0 Å². The van der Waals surface area contributed by atoms with E-state index in [0.717, 1.165) is 12.3 Å². The van der Waals surface area contributed by atoms with Crippen LogP contribution in [0.1, 0.15) is 32.6 Å². The van der Waals surface area contributed by atoms with Gasteiger partial charge in [-0.15, -0.1) is 0 Å². The summed E-state index contributed by atoms with van der Waals surface area (Å²) in [5.74, 6) is 1.02. The first-order valence-electron chi connectivity index (χ1n) is 5.95. The SMILES string of the molecule is C=C(COC)C(=O)OC1(C)CC2CCC1C2. The lowest BCUT2D eigenvalue weighted by atomic mass is 9.85. The van der Waals surface area contributed by atoms with Gasteiger partial charge in [0, 0.05) is 7.11 Å². The number of fused-ring (bicyclic) bond motifs is 2. The molecule has 2 bridgehead atoms. The van der Waals surface area contributed by atoms with Crippen molar-refractivity contribution in [2.75, 3.05) is 13.7 Å². The Bertz CT molecular complexity index is 310. The normalized spacial score (nSPS) is 36.4. The van der Waals surface area contributed by atoms with Gasteiger partial charge in [0.05, 0.1) is 12.2 Å². The molecule has 3 nitrogen and oxygen atoms in total. The van der Waals surface area contributed by atoms with Crippen molar-refractivity contribution in [3.8, 4) is 0 Å². The van der Waals surface area contributed by atoms with Gasteiger partial charge in [-0.1, -0.05) is 6.58 Å². The van der Waals surface area contributed by atoms with Crippen LogP contribution in [0, 0.1) is 11.8 Å². The molecule has 2 fully saturated rings. The average molecular weight is 224 g/mol. The van der Waals surface area contributed by atoms with Crippen molar-refractivity contribution in [3.05, 3.63) is 12.2 Å². The highest BCUT2D eigenvalue weighted by molar-refractivity contribution is 5.88. The molecule has 0 radical (unpaired) electrons. The summed E-state index contributed by atoms with van der Waals surface area (Å²) in [4.78, 5) is 11.8. The quantitative estimate of drug-likeness (QED) is 0.543. The second kappa shape index (κ2) is 4.21. The smallest absolute Gasteiger partial charge is 0.336 e. The number of ether oxygens (including phenoxy) is 2. The third-order valence-corrected chi connectivity index (χ3v) is 4.03. The maximum Gasteiger partial charge on any atom is 0.336 e. The molecule has 0 spiro atoms. The highest BCUT2D eigenvalue weighted by Crippen LogP contribution is 2.52. The number of carbonyl (C=O) groups is 1. The summed E-state index contributed by atoms with van der Waals surface area (Å²) in [6.07, 6.45) is 4.74. The van der Waals surface area contributed by atoms with Crippen LogP contribution in [-0.4, -0.2) is 25.3 Å². The molecule has 16 heavy (non-hydrogen) atoms. The van der Waals surface area contributed by atoms with E-state index in [9.17, 15) is 4.79 Å². The van der Waals surface area contributed by atoms with Crippen LogP contribution in [0.25, 0.3) is 0 Å². The molecule has 3 unspecified atom stereocenters. The summed E-state index contributed by atoms with van der Waals surface area (Å²) in [5, 5.41) is 0. The molecular weight excluding hydrogens is 204 g/mol. The standard InChI is InChI=1S/C13H20O3/c1-9(8-15-3)12(14)16-13(2)7-10-4-5-11(13)6-10/h10-11H,1,4-8H2,2-3H3. The Balaban J connectivity index is 1.94. The molecular formula is C13H20O3. The van der Waals surface area contributed by atoms with E-state index in [1.54, 1.807) is 7.11 Å². The van der Waals surface area contributed by atoms with Gasteiger partial charge in [0.25, 0.3) is 0 Å². The monoisotopic (exact) mass is 224 g/mol. The van der Waals surface area contributed by atoms with E-state index in [0.29, 0.717) is 11.5 Å². The molecule has 2 saturated carbocycles. The zero-order chi connectivity index (χ0) is 11.8. The van der Waals surface area contributed by atoms with Crippen LogP contribution in [0.2, 0.25) is 0 Å². The maximum absolute atomic E-state index is 11.8. The molecule has 0 heterocycles. The lowest BCUT2D eigenvalue weighted by Crippen LogP contribution is -2.37. The van der Waals surface area contributed by atoms with E-state index in [-0.39, 0.29) is 18.2 Å². The molecule has 90 valence electrons. The number of hydrogen-bond donors (Lipinski definition) is 0. The third kappa shape index (κ3) is 2.01. The number of hydrogen-bond acceptors (Lipinski definition) is 3. The molecule has 0 aromatic heterocycles. The molecule has 0 aromatic carbocycles. The highest BCUT2D eigenvalue weighted by atomic mass is 16.6. The van der Waals surface area contributed by atoms with Gasteiger partial charge in [-0.25, -0.2) is 4.79 Å². The Morgan fingerprint density at radius 3 is 2.75 bits per heavy atom. The van der Waals surface area contributed by atoms with Crippen LogP contribution in [0.15, 0.2) is 12.2 Å². The molecule has 0 amide bonds. The Morgan fingerprint density at radius 1 is 1.50 bits per heavy atom. The predicted molar refractivity (Wildman–Crippen MR) is 61.0 cm³/mol. The first-order valence-corrected chi connectivity index (χ1v) is 5.95. The summed E-state index contributed by atoms with van der Waals surface area (Å²) < 4.78 is 10.5. The van der Waals surface area contributed by atoms with Gasteiger partial charge < -0.3 is 9.47 Å². The fourth-order valence-electron chi connectivity index (χ4n) is 3.20. The van der Waals surface area contributed by atoms with Crippen molar-refractivity contribution in [3.63, 3.8) is 0 Å². The topological polar surface area (TPSA) is 35.5 Å². The average Bonchev–Trinajstić information content (AvgIpc) is 2.77. The van der Waals surface area contributed by atoms with E-state index in [4.69, 9.17) is 9.47 Å². The zero-order valence-corrected chi connectivity index (χ0v) is 10.1. The third-order valence-electron chi connectivity index (χ3n) is 4.03. The molecule has 0 N–H and O–H groups in total. The Morgan fingerprint density at radius 2 is 2.25 bits per heavy atom. The van der Waals surface area contributed by atoms with Gasteiger partial charge >= 0.3 is 5.97 Å². The number of carbonyl (C=O) groups excluding carboxylic acids is 1. The Kier molecular flexibility index (Phi) is 3.06. The summed E-state index contributed by atoms with van der Waals surface area (Å²) in [5.41, 5.74) is 0.156. The lowest BCUT2D eigenvalue weighted by Gasteiger charge is -2.33. The van der Waals surface area contributed by atoms with Gasteiger partial charge in [-0.05, 0) is 44.4 Å². The van der Waals surface area contributed by atoms with Crippen LogP contribution in [0.3, 0.4) is 0 Å². The molecule has 0 aliphatic heterocycles. The van der Waals surface area contributed by atoms with E-state index in [1.807, 2.05) is 0 Å². The summed E-state index contributed by atoms with van der Waals surface area (Å²) in [7, 11) is 1.55. The number of esters is 1. The minimum atomic E-state index is -0.295. The van der Waals surface area contributed by atoms with E-state index < -0.39 is 0 Å². The molecule has 0 aromatic rings. The summed E-state index contributed by atoms with van der Waals surface area (Å²) in [6, 6.07) is 0. The van der Waals surface area contributed by atoms with Crippen molar-refractivity contribution in [1.82, 2.24) is 0 Å². The maximum atomic E-state index is 11.8. The summed E-state index contributed by atoms with van der Waals surface area (Å²) >= 11 is 0. The predicted octanol–water partition coefficient (Wildman–Crippen LogP) is 2.31. The van der Waals surface area contributed by atoms with E-state index in [2.05, 4.69) is 13.5 Å².